The second-order valence-corrected chi connectivity index (χ2v) is 3.67. The standard InChI is InChI=1S/C13H15ClO5/c1-4-18-8-7-11(15)19-10-6-5-9(16-2)12(14)13(10)17-3/h5-8H,4H2,1-3H3/b8-7+. The molecule has 0 amide bonds. The lowest BCUT2D eigenvalue weighted by Crippen LogP contribution is -2.05. The van der Waals surface area contributed by atoms with E-state index >= 15 is 0 Å². The van der Waals surface area contributed by atoms with Gasteiger partial charge in [0.05, 0.1) is 33.2 Å². The molecule has 0 atom stereocenters. The maximum atomic E-state index is 11.5. The molecule has 0 unspecified atom stereocenters. The number of carbonyl (C=O) groups is 1. The summed E-state index contributed by atoms with van der Waals surface area (Å²) in [5.74, 6) is 0.287. The fourth-order valence-corrected chi connectivity index (χ4v) is 1.60. The highest BCUT2D eigenvalue weighted by Gasteiger charge is 2.15. The van der Waals surface area contributed by atoms with Crippen LogP contribution in [-0.4, -0.2) is 26.8 Å². The minimum absolute atomic E-state index is 0.208. The normalized spacial score (nSPS) is 10.3. The van der Waals surface area contributed by atoms with E-state index < -0.39 is 5.97 Å². The summed E-state index contributed by atoms with van der Waals surface area (Å²) in [6.07, 6.45) is 2.43. The summed E-state index contributed by atoms with van der Waals surface area (Å²) in [6, 6.07) is 3.12. The Morgan fingerprint density at radius 1 is 1.26 bits per heavy atom. The van der Waals surface area contributed by atoms with E-state index in [1.807, 2.05) is 6.92 Å². The fourth-order valence-electron chi connectivity index (χ4n) is 1.29. The van der Waals surface area contributed by atoms with Crippen LogP contribution in [0, 0.1) is 0 Å². The molecule has 0 saturated heterocycles. The van der Waals surface area contributed by atoms with Gasteiger partial charge in [0.15, 0.2) is 11.5 Å². The Hall–Kier alpha value is -1.88. The number of carbonyl (C=O) groups excluding carboxylic acids is 1. The number of hydrogen-bond acceptors (Lipinski definition) is 5. The summed E-state index contributed by atoms with van der Waals surface area (Å²) in [5, 5.41) is 0.240. The van der Waals surface area contributed by atoms with Gasteiger partial charge in [-0.15, -0.1) is 0 Å². The molecular formula is C13H15ClO5. The van der Waals surface area contributed by atoms with Crippen molar-refractivity contribution in [2.75, 3.05) is 20.8 Å². The zero-order chi connectivity index (χ0) is 14.3. The SMILES string of the molecule is CCO/C=C/C(=O)Oc1ccc(OC)c(Cl)c1OC. The third kappa shape index (κ3) is 4.06. The van der Waals surface area contributed by atoms with Crippen LogP contribution in [-0.2, 0) is 9.53 Å². The maximum Gasteiger partial charge on any atom is 0.339 e. The van der Waals surface area contributed by atoms with Gasteiger partial charge in [0.1, 0.15) is 10.8 Å². The average molecular weight is 287 g/mol. The first-order valence-electron chi connectivity index (χ1n) is 5.54. The van der Waals surface area contributed by atoms with E-state index in [1.54, 1.807) is 6.07 Å². The predicted molar refractivity (Wildman–Crippen MR) is 71.0 cm³/mol. The molecular weight excluding hydrogens is 272 g/mol. The average Bonchev–Trinajstić information content (AvgIpc) is 2.39. The van der Waals surface area contributed by atoms with Crippen LogP contribution >= 0.6 is 11.6 Å². The molecule has 0 N–H and O–H groups in total. The summed E-state index contributed by atoms with van der Waals surface area (Å²) in [4.78, 5) is 11.5. The van der Waals surface area contributed by atoms with Crippen molar-refractivity contribution in [3.8, 4) is 17.2 Å². The Balaban J connectivity index is 2.89. The molecule has 0 aliphatic heterocycles. The van der Waals surface area contributed by atoms with Gasteiger partial charge in [-0.05, 0) is 19.1 Å². The minimum Gasteiger partial charge on any atom is -0.501 e. The summed E-state index contributed by atoms with van der Waals surface area (Å²) in [5.41, 5.74) is 0. The van der Waals surface area contributed by atoms with Gasteiger partial charge in [0.25, 0.3) is 0 Å². The van der Waals surface area contributed by atoms with Crippen LogP contribution in [0.5, 0.6) is 17.2 Å². The molecule has 0 fully saturated rings. The van der Waals surface area contributed by atoms with Crippen LogP contribution in [0.15, 0.2) is 24.5 Å². The first-order chi connectivity index (χ1) is 9.13. The Morgan fingerprint density at radius 3 is 2.53 bits per heavy atom. The zero-order valence-corrected chi connectivity index (χ0v) is 11.7. The minimum atomic E-state index is -0.590. The van der Waals surface area contributed by atoms with Crippen LogP contribution in [0.3, 0.4) is 0 Å². The van der Waals surface area contributed by atoms with Crippen molar-refractivity contribution >= 4 is 17.6 Å². The highest BCUT2D eigenvalue weighted by atomic mass is 35.5. The van der Waals surface area contributed by atoms with E-state index in [4.69, 9.17) is 30.5 Å². The number of hydrogen-bond donors (Lipinski definition) is 0. The number of methoxy groups -OCH3 is 2. The van der Waals surface area contributed by atoms with Crippen LogP contribution in [0.4, 0.5) is 0 Å². The number of ether oxygens (including phenoxy) is 4. The van der Waals surface area contributed by atoms with Crippen LogP contribution in [0.25, 0.3) is 0 Å². The van der Waals surface area contributed by atoms with Gasteiger partial charge in [-0.1, -0.05) is 11.6 Å². The van der Waals surface area contributed by atoms with Gasteiger partial charge in [0.2, 0.25) is 0 Å². The van der Waals surface area contributed by atoms with Crippen molar-refractivity contribution in [1.29, 1.82) is 0 Å². The molecule has 1 aromatic carbocycles. The lowest BCUT2D eigenvalue weighted by atomic mass is 10.3. The van der Waals surface area contributed by atoms with Gasteiger partial charge in [-0.25, -0.2) is 4.79 Å². The zero-order valence-electron chi connectivity index (χ0n) is 10.9. The third-order valence-electron chi connectivity index (χ3n) is 2.13. The van der Waals surface area contributed by atoms with Crippen LogP contribution in [0.1, 0.15) is 6.92 Å². The van der Waals surface area contributed by atoms with Gasteiger partial charge >= 0.3 is 5.97 Å². The Bertz CT molecular complexity index is 470. The molecule has 1 rings (SSSR count). The van der Waals surface area contributed by atoms with Gasteiger partial charge < -0.3 is 18.9 Å². The van der Waals surface area contributed by atoms with E-state index in [1.165, 1.54) is 32.6 Å². The highest BCUT2D eigenvalue weighted by molar-refractivity contribution is 6.33. The second kappa shape index (κ2) is 7.53. The highest BCUT2D eigenvalue weighted by Crippen LogP contribution is 2.41. The lowest BCUT2D eigenvalue weighted by Gasteiger charge is -2.12. The topological polar surface area (TPSA) is 54.0 Å². The summed E-state index contributed by atoms with van der Waals surface area (Å²) in [7, 11) is 2.91. The number of esters is 1. The largest absolute Gasteiger partial charge is 0.501 e. The lowest BCUT2D eigenvalue weighted by molar-refractivity contribution is -0.129. The van der Waals surface area contributed by atoms with E-state index in [0.29, 0.717) is 12.4 Å². The quantitative estimate of drug-likeness (QED) is 0.348. The van der Waals surface area contributed by atoms with Crippen molar-refractivity contribution in [1.82, 2.24) is 0 Å². The molecule has 0 radical (unpaired) electrons. The van der Waals surface area contributed by atoms with Crippen LogP contribution < -0.4 is 14.2 Å². The van der Waals surface area contributed by atoms with Crippen molar-refractivity contribution in [2.45, 2.75) is 6.92 Å². The second-order valence-electron chi connectivity index (χ2n) is 3.29. The van der Waals surface area contributed by atoms with E-state index in [2.05, 4.69) is 0 Å². The Kier molecular flexibility index (Phi) is 6.02. The molecule has 19 heavy (non-hydrogen) atoms. The van der Waals surface area contributed by atoms with Crippen molar-refractivity contribution < 1.29 is 23.7 Å². The molecule has 0 aromatic heterocycles. The van der Waals surface area contributed by atoms with E-state index in [9.17, 15) is 4.79 Å². The van der Waals surface area contributed by atoms with Crippen molar-refractivity contribution in [3.63, 3.8) is 0 Å². The third-order valence-corrected chi connectivity index (χ3v) is 2.49. The molecule has 5 nitrogen and oxygen atoms in total. The summed E-state index contributed by atoms with van der Waals surface area (Å²) >= 11 is 6.04. The van der Waals surface area contributed by atoms with E-state index in [0.717, 1.165) is 0 Å². The van der Waals surface area contributed by atoms with Gasteiger partial charge in [-0.2, -0.15) is 0 Å². The first-order valence-corrected chi connectivity index (χ1v) is 5.92. The molecule has 0 aliphatic rings. The molecule has 0 spiro atoms. The first kappa shape index (κ1) is 15.2. The molecule has 0 heterocycles. The monoisotopic (exact) mass is 286 g/mol. The summed E-state index contributed by atoms with van der Waals surface area (Å²) < 4.78 is 20.1. The smallest absolute Gasteiger partial charge is 0.339 e. The predicted octanol–water partition coefficient (Wildman–Crippen LogP) is 2.81. The molecule has 1 aromatic rings. The molecule has 104 valence electrons. The number of benzene rings is 1. The number of rotatable bonds is 6. The fraction of sp³-hybridized carbons (Fsp3) is 0.308. The Labute approximate surface area is 116 Å². The van der Waals surface area contributed by atoms with Gasteiger partial charge in [0, 0.05) is 0 Å². The molecule has 6 heteroatoms. The van der Waals surface area contributed by atoms with Crippen LogP contribution in [0.2, 0.25) is 5.02 Å². The number of halogens is 1. The van der Waals surface area contributed by atoms with E-state index in [-0.39, 0.29) is 16.5 Å². The maximum absolute atomic E-state index is 11.5. The van der Waals surface area contributed by atoms with Crippen molar-refractivity contribution in [2.24, 2.45) is 0 Å². The molecule has 0 bridgehead atoms. The summed E-state index contributed by atoms with van der Waals surface area (Å²) in [6.45, 7) is 2.28. The Morgan fingerprint density at radius 2 is 1.95 bits per heavy atom. The molecule has 0 saturated carbocycles. The molecule has 0 aliphatic carbocycles. The van der Waals surface area contributed by atoms with Crippen molar-refractivity contribution in [3.05, 3.63) is 29.5 Å². The van der Waals surface area contributed by atoms with Gasteiger partial charge in [-0.3, -0.25) is 0 Å².